The first-order valence-corrected chi connectivity index (χ1v) is 10.4. The van der Waals surface area contributed by atoms with E-state index >= 15 is 0 Å². The molecule has 0 aliphatic carbocycles. The van der Waals surface area contributed by atoms with E-state index in [1.54, 1.807) is 12.3 Å². The van der Waals surface area contributed by atoms with Gasteiger partial charge in [0.2, 0.25) is 0 Å². The third-order valence-corrected chi connectivity index (χ3v) is 5.81. The van der Waals surface area contributed by atoms with Crippen LogP contribution in [-0.4, -0.2) is 21.2 Å². The van der Waals surface area contributed by atoms with E-state index in [4.69, 9.17) is 13.6 Å². The first kappa shape index (κ1) is 13.9. The second kappa shape index (κ2) is 4.49. The standard InChI is InChI=1S/C16H18O4Si/c1-9-15(21(3,4)5)12-13-10(6-7-19-13)8-11(14(12)20-9)16(17)18-2/h6-8H,1-5H3. The summed E-state index contributed by atoms with van der Waals surface area (Å²) in [5.74, 6) is 0.470. The molecule has 0 fully saturated rings. The van der Waals surface area contributed by atoms with Gasteiger partial charge in [0.15, 0.2) is 5.58 Å². The van der Waals surface area contributed by atoms with E-state index in [1.807, 2.05) is 13.0 Å². The molecule has 0 atom stereocenters. The third-order valence-electron chi connectivity index (χ3n) is 3.71. The van der Waals surface area contributed by atoms with Crippen LogP contribution in [-0.2, 0) is 4.74 Å². The number of methoxy groups -OCH3 is 1. The zero-order chi connectivity index (χ0) is 15.4. The van der Waals surface area contributed by atoms with Crippen molar-refractivity contribution in [3.63, 3.8) is 0 Å². The fraction of sp³-hybridized carbons (Fsp3) is 0.312. The summed E-state index contributed by atoms with van der Waals surface area (Å²) in [7, 11) is -0.277. The number of esters is 1. The second-order valence-corrected chi connectivity index (χ2v) is 11.2. The van der Waals surface area contributed by atoms with Crippen molar-refractivity contribution in [3.05, 3.63) is 29.7 Å². The third kappa shape index (κ3) is 2.00. The van der Waals surface area contributed by atoms with Gasteiger partial charge in [-0.2, -0.15) is 0 Å². The van der Waals surface area contributed by atoms with Crippen LogP contribution in [0.4, 0.5) is 0 Å². The molecule has 0 saturated carbocycles. The maximum atomic E-state index is 12.1. The molecular weight excluding hydrogens is 284 g/mol. The molecule has 0 saturated heterocycles. The van der Waals surface area contributed by atoms with E-state index in [-0.39, 0.29) is 5.97 Å². The van der Waals surface area contributed by atoms with Gasteiger partial charge in [-0.25, -0.2) is 4.79 Å². The van der Waals surface area contributed by atoms with E-state index in [1.165, 1.54) is 12.3 Å². The zero-order valence-electron chi connectivity index (χ0n) is 12.9. The van der Waals surface area contributed by atoms with Crippen LogP contribution in [0.1, 0.15) is 16.1 Å². The number of aryl methyl sites for hydroxylation is 1. The highest BCUT2D eigenvalue weighted by molar-refractivity contribution is 6.91. The van der Waals surface area contributed by atoms with Gasteiger partial charge in [-0.05, 0) is 24.2 Å². The first-order chi connectivity index (χ1) is 9.84. The average Bonchev–Trinajstić information content (AvgIpc) is 2.98. The molecule has 4 nitrogen and oxygen atoms in total. The number of rotatable bonds is 2. The highest BCUT2D eigenvalue weighted by Gasteiger charge is 2.30. The lowest BCUT2D eigenvalue weighted by Crippen LogP contribution is -2.38. The Balaban J connectivity index is 2.54. The van der Waals surface area contributed by atoms with Crippen LogP contribution < -0.4 is 5.19 Å². The number of carbonyl (C=O) groups excluding carboxylic acids is 1. The minimum absolute atomic E-state index is 0.390. The van der Waals surface area contributed by atoms with Gasteiger partial charge in [0, 0.05) is 5.39 Å². The normalized spacial score (nSPS) is 12.2. The van der Waals surface area contributed by atoms with Gasteiger partial charge < -0.3 is 13.6 Å². The molecule has 0 bridgehead atoms. The summed E-state index contributed by atoms with van der Waals surface area (Å²) in [6, 6.07) is 3.63. The lowest BCUT2D eigenvalue weighted by molar-refractivity contribution is 0.0602. The first-order valence-electron chi connectivity index (χ1n) is 6.86. The van der Waals surface area contributed by atoms with Crippen molar-refractivity contribution >= 4 is 41.2 Å². The molecule has 0 unspecified atom stereocenters. The molecule has 0 spiro atoms. The Morgan fingerprint density at radius 3 is 2.57 bits per heavy atom. The maximum absolute atomic E-state index is 12.1. The van der Waals surface area contributed by atoms with E-state index in [0.29, 0.717) is 11.1 Å². The number of fused-ring (bicyclic) bond motifs is 3. The predicted octanol–water partition coefficient (Wildman–Crippen LogP) is 3.82. The maximum Gasteiger partial charge on any atom is 0.341 e. The summed E-state index contributed by atoms with van der Waals surface area (Å²) in [6.07, 6.45) is 1.64. The van der Waals surface area contributed by atoms with Crippen molar-refractivity contribution in [2.45, 2.75) is 26.6 Å². The van der Waals surface area contributed by atoms with Crippen LogP contribution in [0.15, 0.2) is 27.2 Å². The van der Waals surface area contributed by atoms with Crippen molar-refractivity contribution in [2.75, 3.05) is 7.11 Å². The Hall–Kier alpha value is -2.01. The average molecular weight is 302 g/mol. The summed E-state index contributed by atoms with van der Waals surface area (Å²) >= 11 is 0. The minimum atomic E-state index is -1.65. The molecule has 0 aliphatic rings. The summed E-state index contributed by atoms with van der Waals surface area (Å²) < 4.78 is 16.5. The van der Waals surface area contributed by atoms with E-state index < -0.39 is 8.07 Å². The van der Waals surface area contributed by atoms with E-state index in [0.717, 1.165) is 22.1 Å². The molecule has 5 heteroatoms. The zero-order valence-corrected chi connectivity index (χ0v) is 13.9. The Bertz CT molecular complexity index is 849. The van der Waals surface area contributed by atoms with Gasteiger partial charge in [0.05, 0.1) is 26.8 Å². The summed E-state index contributed by atoms with van der Waals surface area (Å²) in [5, 5.41) is 3.01. The molecule has 2 aromatic heterocycles. The quantitative estimate of drug-likeness (QED) is 0.533. The summed E-state index contributed by atoms with van der Waals surface area (Å²) in [5.41, 5.74) is 1.81. The number of hydrogen-bond acceptors (Lipinski definition) is 4. The lowest BCUT2D eigenvalue weighted by Gasteiger charge is -2.15. The van der Waals surface area contributed by atoms with Crippen molar-refractivity contribution in [3.8, 4) is 0 Å². The molecule has 21 heavy (non-hydrogen) atoms. The second-order valence-electron chi connectivity index (χ2n) is 6.24. The molecule has 3 aromatic rings. The highest BCUT2D eigenvalue weighted by atomic mass is 28.3. The number of benzene rings is 1. The number of carbonyl (C=O) groups is 1. The topological polar surface area (TPSA) is 52.6 Å². The van der Waals surface area contributed by atoms with Crippen molar-refractivity contribution < 1.29 is 18.4 Å². The minimum Gasteiger partial charge on any atom is -0.465 e. The van der Waals surface area contributed by atoms with Crippen LogP contribution in [0.25, 0.3) is 21.9 Å². The van der Waals surface area contributed by atoms with Crippen molar-refractivity contribution in [1.82, 2.24) is 0 Å². The van der Waals surface area contributed by atoms with Crippen LogP contribution in [0, 0.1) is 6.92 Å². The molecule has 110 valence electrons. The molecule has 3 rings (SSSR count). The number of furan rings is 2. The predicted molar refractivity (Wildman–Crippen MR) is 85.0 cm³/mol. The van der Waals surface area contributed by atoms with Crippen molar-refractivity contribution in [1.29, 1.82) is 0 Å². The van der Waals surface area contributed by atoms with Crippen LogP contribution >= 0.6 is 0 Å². The van der Waals surface area contributed by atoms with Gasteiger partial charge in [-0.15, -0.1) is 0 Å². The van der Waals surface area contributed by atoms with Gasteiger partial charge in [-0.3, -0.25) is 0 Å². The monoisotopic (exact) mass is 302 g/mol. The largest absolute Gasteiger partial charge is 0.465 e. The van der Waals surface area contributed by atoms with Gasteiger partial charge in [-0.1, -0.05) is 19.6 Å². The Morgan fingerprint density at radius 1 is 1.24 bits per heavy atom. The smallest absolute Gasteiger partial charge is 0.341 e. The van der Waals surface area contributed by atoms with Crippen molar-refractivity contribution in [2.24, 2.45) is 0 Å². The van der Waals surface area contributed by atoms with E-state index in [2.05, 4.69) is 19.6 Å². The van der Waals surface area contributed by atoms with Gasteiger partial charge in [0.25, 0.3) is 0 Å². The van der Waals surface area contributed by atoms with Gasteiger partial charge in [0.1, 0.15) is 16.9 Å². The fourth-order valence-electron chi connectivity index (χ4n) is 2.97. The Morgan fingerprint density at radius 2 is 1.95 bits per heavy atom. The molecule has 0 aliphatic heterocycles. The SMILES string of the molecule is COC(=O)c1cc2ccoc2c2c([Si](C)(C)C)c(C)oc12. The molecule has 2 heterocycles. The Labute approximate surface area is 123 Å². The van der Waals surface area contributed by atoms with Gasteiger partial charge >= 0.3 is 5.97 Å². The molecule has 1 aromatic carbocycles. The van der Waals surface area contributed by atoms with Crippen LogP contribution in [0.2, 0.25) is 19.6 Å². The Kier molecular flexibility index (Phi) is 2.98. The number of ether oxygens (including phenoxy) is 1. The molecular formula is C16H18O4Si. The molecule has 0 N–H and O–H groups in total. The molecule has 0 amide bonds. The summed E-state index contributed by atoms with van der Waals surface area (Å²) in [6.45, 7) is 8.71. The van der Waals surface area contributed by atoms with Crippen LogP contribution in [0.5, 0.6) is 0 Å². The highest BCUT2D eigenvalue weighted by Crippen LogP contribution is 2.32. The van der Waals surface area contributed by atoms with E-state index in [9.17, 15) is 4.79 Å². The molecule has 0 radical (unpaired) electrons. The summed E-state index contributed by atoms with van der Waals surface area (Å²) in [4.78, 5) is 12.1. The number of hydrogen-bond donors (Lipinski definition) is 0. The fourth-order valence-corrected chi connectivity index (χ4v) is 5.06. The van der Waals surface area contributed by atoms with Crippen LogP contribution in [0.3, 0.4) is 0 Å². The lowest BCUT2D eigenvalue weighted by atomic mass is 10.1.